The second kappa shape index (κ2) is 15.5. The van der Waals surface area contributed by atoms with E-state index in [1.807, 2.05) is 6.92 Å². The van der Waals surface area contributed by atoms with E-state index in [4.69, 9.17) is 11.6 Å². The highest BCUT2D eigenvalue weighted by molar-refractivity contribution is 6.21. The van der Waals surface area contributed by atoms with E-state index in [0.29, 0.717) is 12.8 Å². The van der Waals surface area contributed by atoms with Gasteiger partial charge >= 0.3 is 0 Å². The predicted molar refractivity (Wildman–Crippen MR) is 169 cm³/mol. The van der Waals surface area contributed by atoms with E-state index in [9.17, 15) is 9.59 Å². The Balaban J connectivity index is 2.57. The molecule has 2 amide bonds. The topological polar surface area (TPSA) is 58.2 Å². The Labute approximate surface area is 242 Å². The van der Waals surface area contributed by atoms with Crippen LogP contribution in [-0.2, 0) is 16.0 Å². The van der Waals surface area contributed by atoms with E-state index >= 15 is 0 Å². The lowest BCUT2D eigenvalue weighted by Gasteiger charge is -2.24. The van der Waals surface area contributed by atoms with Crippen LogP contribution in [0.4, 0.5) is 11.4 Å². The number of nitrogens with one attached hydrogen (secondary N) is 2. The molecular formula is C34H51ClN2O2. The second-order valence-corrected chi connectivity index (χ2v) is 12.5. The molecule has 1 unspecified atom stereocenters. The Hall–Kier alpha value is -2.33. The number of anilines is 2. The van der Waals surface area contributed by atoms with Crippen molar-refractivity contribution < 1.29 is 9.59 Å². The van der Waals surface area contributed by atoms with E-state index in [-0.39, 0.29) is 34.9 Å². The minimum Gasteiger partial charge on any atom is -0.326 e. The number of alkyl halides is 1. The maximum atomic E-state index is 12.7. The van der Waals surface area contributed by atoms with Crippen LogP contribution in [0.1, 0.15) is 157 Å². The molecule has 2 rings (SSSR count). The lowest BCUT2D eigenvalue weighted by molar-refractivity contribution is -0.117. The third-order valence-electron chi connectivity index (χ3n) is 7.26. The molecule has 4 nitrogen and oxygen atoms in total. The summed E-state index contributed by atoms with van der Waals surface area (Å²) in [4.78, 5) is 25.4. The average Bonchev–Trinajstić information content (AvgIpc) is 2.86. The third-order valence-corrected chi connectivity index (χ3v) is 7.50. The number of hydrogen-bond acceptors (Lipinski definition) is 2. The van der Waals surface area contributed by atoms with Gasteiger partial charge in [0.15, 0.2) is 0 Å². The third kappa shape index (κ3) is 9.38. The lowest BCUT2D eigenvalue weighted by atomic mass is 9.87. The van der Waals surface area contributed by atoms with Gasteiger partial charge in [-0.15, -0.1) is 11.6 Å². The SMILES string of the molecule is CCCCC(=O)Nc1c(C(C)C)cc(Cc2cc(C(C)C)c(NC(=O)CCCC)c(C(C)Cl)c2)cc1C(C)C. The van der Waals surface area contributed by atoms with Crippen LogP contribution in [0.3, 0.4) is 0 Å². The summed E-state index contributed by atoms with van der Waals surface area (Å²) in [6, 6.07) is 8.90. The first-order valence-electron chi connectivity index (χ1n) is 15.0. The Morgan fingerprint density at radius 1 is 0.641 bits per heavy atom. The molecule has 1 atom stereocenters. The van der Waals surface area contributed by atoms with Crippen LogP contribution in [0, 0.1) is 0 Å². The highest BCUT2D eigenvalue weighted by Crippen LogP contribution is 2.38. The molecule has 0 spiro atoms. The first-order chi connectivity index (χ1) is 18.4. The van der Waals surface area contributed by atoms with Gasteiger partial charge in [0.25, 0.3) is 0 Å². The van der Waals surface area contributed by atoms with Gasteiger partial charge in [-0.3, -0.25) is 9.59 Å². The fourth-order valence-corrected chi connectivity index (χ4v) is 5.16. The van der Waals surface area contributed by atoms with Gasteiger partial charge in [-0.1, -0.05) is 92.5 Å². The summed E-state index contributed by atoms with van der Waals surface area (Å²) in [5.41, 5.74) is 8.69. The van der Waals surface area contributed by atoms with Gasteiger partial charge in [0, 0.05) is 24.2 Å². The normalized spacial score (nSPS) is 12.3. The van der Waals surface area contributed by atoms with Crippen LogP contribution in [0.2, 0.25) is 0 Å². The fourth-order valence-electron chi connectivity index (χ4n) is 4.99. The van der Waals surface area contributed by atoms with Crippen molar-refractivity contribution in [3.8, 4) is 0 Å². The van der Waals surface area contributed by atoms with Crippen molar-refractivity contribution in [1.82, 2.24) is 0 Å². The van der Waals surface area contributed by atoms with Crippen molar-refractivity contribution in [2.75, 3.05) is 10.6 Å². The summed E-state index contributed by atoms with van der Waals surface area (Å²) in [6.45, 7) is 19.2. The highest BCUT2D eigenvalue weighted by Gasteiger charge is 2.21. The second-order valence-electron chi connectivity index (χ2n) is 11.9. The van der Waals surface area contributed by atoms with Crippen molar-refractivity contribution in [3.63, 3.8) is 0 Å². The van der Waals surface area contributed by atoms with E-state index in [2.05, 4.69) is 90.3 Å². The number of carbonyl (C=O) groups excluding carboxylic acids is 2. The molecule has 216 valence electrons. The number of unbranched alkanes of at least 4 members (excludes halogenated alkanes) is 2. The monoisotopic (exact) mass is 554 g/mol. The first-order valence-corrected chi connectivity index (χ1v) is 15.4. The van der Waals surface area contributed by atoms with Gasteiger partial charge in [0.2, 0.25) is 11.8 Å². The first kappa shape index (κ1) is 32.9. The number of halogens is 1. The summed E-state index contributed by atoms with van der Waals surface area (Å²) in [5.74, 6) is 0.916. The van der Waals surface area contributed by atoms with Crippen molar-refractivity contribution in [1.29, 1.82) is 0 Å². The number of hydrogen-bond donors (Lipinski definition) is 2. The summed E-state index contributed by atoms with van der Waals surface area (Å²) in [5, 5.41) is 6.22. The minimum atomic E-state index is -0.234. The molecule has 0 fully saturated rings. The Kier molecular flexibility index (Phi) is 13.0. The number of rotatable bonds is 14. The van der Waals surface area contributed by atoms with Crippen LogP contribution in [0.15, 0.2) is 24.3 Å². The Morgan fingerprint density at radius 2 is 0.974 bits per heavy atom. The zero-order valence-electron chi connectivity index (χ0n) is 25.8. The maximum Gasteiger partial charge on any atom is 0.224 e. The van der Waals surface area contributed by atoms with Crippen LogP contribution >= 0.6 is 11.6 Å². The molecule has 0 bridgehead atoms. The molecule has 0 radical (unpaired) electrons. The molecule has 0 aliphatic rings. The molecular weight excluding hydrogens is 504 g/mol. The Bertz CT molecular complexity index is 973. The number of benzene rings is 2. The molecule has 2 aromatic carbocycles. The summed E-state index contributed by atoms with van der Waals surface area (Å²) in [6.07, 6.45) is 5.58. The van der Waals surface area contributed by atoms with Crippen LogP contribution < -0.4 is 10.6 Å². The smallest absolute Gasteiger partial charge is 0.224 e. The molecule has 0 saturated heterocycles. The van der Waals surface area contributed by atoms with Gasteiger partial charge in [-0.05, 0) is 77.3 Å². The van der Waals surface area contributed by atoms with Gasteiger partial charge in [0.05, 0.1) is 5.38 Å². The molecule has 39 heavy (non-hydrogen) atoms. The van der Waals surface area contributed by atoms with Crippen LogP contribution in [0.5, 0.6) is 0 Å². The zero-order valence-corrected chi connectivity index (χ0v) is 26.5. The summed E-state index contributed by atoms with van der Waals surface area (Å²) < 4.78 is 0. The minimum absolute atomic E-state index is 0.0461. The Morgan fingerprint density at radius 3 is 1.28 bits per heavy atom. The van der Waals surface area contributed by atoms with Crippen molar-refractivity contribution in [2.24, 2.45) is 0 Å². The zero-order chi connectivity index (χ0) is 29.3. The summed E-state index contributed by atoms with van der Waals surface area (Å²) in [7, 11) is 0. The lowest BCUT2D eigenvalue weighted by Crippen LogP contribution is -2.16. The van der Waals surface area contributed by atoms with E-state index in [1.54, 1.807) is 0 Å². The molecule has 5 heteroatoms. The molecule has 0 aromatic heterocycles. The molecule has 2 aromatic rings. The molecule has 0 saturated carbocycles. The van der Waals surface area contributed by atoms with E-state index in [1.165, 1.54) is 22.3 Å². The van der Waals surface area contributed by atoms with Gasteiger partial charge in [0.1, 0.15) is 0 Å². The van der Waals surface area contributed by atoms with Crippen LogP contribution in [-0.4, -0.2) is 11.8 Å². The number of carbonyl (C=O) groups is 2. The standard InChI is InChI=1S/C34H51ClN2O2/c1-10-12-14-31(38)36-33-27(21(3)4)17-25(18-28(33)22(5)6)16-26-19-29(23(7)8)34(30(20-26)24(9)35)37-32(39)15-13-11-2/h17-24H,10-16H2,1-9H3,(H,36,38)(H,37,39). The maximum absolute atomic E-state index is 12.7. The molecule has 2 N–H and O–H groups in total. The average molecular weight is 555 g/mol. The molecule has 0 aliphatic heterocycles. The van der Waals surface area contributed by atoms with E-state index in [0.717, 1.165) is 54.6 Å². The largest absolute Gasteiger partial charge is 0.326 e. The van der Waals surface area contributed by atoms with Crippen LogP contribution in [0.25, 0.3) is 0 Å². The van der Waals surface area contributed by atoms with Gasteiger partial charge in [-0.2, -0.15) is 0 Å². The van der Waals surface area contributed by atoms with Crippen molar-refractivity contribution >= 4 is 34.8 Å². The van der Waals surface area contributed by atoms with E-state index < -0.39 is 0 Å². The quantitative estimate of drug-likeness (QED) is 0.228. The van der Waals surface area contributed by atoms with Crippen molar-refractivity contribution in [2.45, 2.75) is 130 Å². The van der Waals surface area contributed by atoms with Gasteiger partial charge < -0.3 is 10.6 Å². The molecule has 0 heterocycles. The predicted octanol–water partition coefficient (Wildman–Crippen LogP) is 10.2. The summed E-state index contributed by atoms with van der Waals surface area (Å²) >= 11 is 6.70. The van der Waals surface area contributed by atoms with Crippen molar-refractivity contribution in [3.05, 3.63) is 57.6 Å². The molecule has 0 aliphatic carbocycles. The highest BCUT2D eigenvalue weighted by atomic mass is 35.5. The van der Waals surface area contributed by atoms with Gasteiger partial charge in [-0.25, -0.2) is 0 Å². The fraction of sp³-hybridized carbons (Fsp3) is 0.588. The number of amides is 2.